The van der Waals surface area contributed by atoms with Crippen molar-refractivity contribution in [2.24, 2.45) is 5.73 Å². The minimum absolute atomic E-state index is 0.429. The van der Waals surface area contributed by atoms with Gasteiger partial charge in [-0.15, -0.1) is 10.2 Å². The summed E-state index contributed by atoms with van der Waals surface area (Å²) >= 11 is 1.41. The molecule has 1 aromatic rings. The van der Waals surface area contributed by atoms with Gasteiger partial charge in [-0.1, -0.05) is 11.3 Å². The third-order valence-corrected chi connectivity index (χ3v) is 2.46. The Hall–Kier alpha value is -0.720. The molecule has 0 aliphatic heterocycles. The molecule has 1 heterocycles. The molecule has 0 aliphatic rings. The van der Waals surface area contributed by atoms with Crippen LogP contribution >= 0.6 is 11.3 Å². The molecule has 0 unspecified atom stereocenters. The number of aromatic nitrogens is 2. The van der Waals surface area contributed by atoms with Gasteiger partial charge in [0, 0.05) is 13.1 Å². The Bertz CT molecular complexity index is 264. The van der Waals surface area contributed by atoms with Gasteiger partial charge in [0.05, 0.1) is 6.61 Å². The van der Waals surface area contributed by atoms with Crippen molar-refractivity contribution in [2.75, 3.05) is 27.2 Å². The first-order chi connectivity index (χ1) is 6.72. The second-order valence-corrected chi connectivity index (χ2v) is 4.20. The van der Waals surface area contributed by atoms with Crippen molar-refractivity contribution in [3.05, 3.63) is 5.01 Å². The quantitative estimate of drug-likeness (QED) is 0.694. The fourth-order valence-electron chi connectivity index (χ4n) is 0.919. The molecule has 0 saturated carbocycles. The summed E-state index contributed by atoms with van der Waals surface area (Å²) in [6.45, 7) is 2.12. The number of ether oxygens (including phenoxy) is 1. The molecule has 0 aromatic carbocycles. The van der Waals surface area contributed by atoms with Crippen LogP contribution in [0.3, 0.4) is 0 Å². The second-order valence-electron chi connectivity index (χ2n) is 3.17. The molecule has 5 nitrogen and oxygen atoms in total. The van der Waals surface area contributed by atoms with Crippen LogP contribution in [0.1, 0.15) is 11.4 Å². The third-order valence-electron chi connectivity index (χ3n) is 1.60. The first-order valence-electron chi connectivity index (χ1n) is 4.52. The minimum Gasteiger partial charge on any atom is -0.469 e. The van der Waals surface area contributed by atoms with Gasteiger partial charge < -0.3 is 15.4 Å². The molecule has 0 saturated heterocycles. The fourth-order valence-corrected chi connectivity index (χ4v) is 1.51. The molecule has 0 spiro atoms. The molecule has 80 valence electrons. The summed E-state index contributed by atoms with van der Waals surface area (Å²) in [6.07, 6.45) is 0.991. The van der Waals surface area contributed by atoms with Crippen molar-refractivity contribution in [1.29, 1.82) is 0 Å². The first kappa shape index (κ1) is 11.4. The van der Waals surface area contributed by atoms with Gasteiger partial charge in [-0.25, -0.2) is 0 Å². The summed E-state index contributed by atoms with van der Waals surface area (Å²) in [7, 11) is 4.08. The number of nitrogens with two attached hydrogens (primary N) is 1. The molecule has 0 bridgehead atoms. The Morgan fingerprint density at radius 2 is 2.21 bits per heavy atom. The van der Waals surface area contributed by atoms with Crippen LogP contribution in [-0.2, 0) is 6.54 Å². The number of nitrogens with zero attached hydrogens (tertiary/aromatic N) is 3. The highest BCUT2D eigenvalue weighted by molar-refractivity contribution is 7.13. The number of rotatable bonds is 6. The van der Waals surface area contributed by atoms with Gasteiger partial charge in [0.1, 0.15) is 5.01 Å². The van der Waals surface area contributed by atoms with E-state index in [4.69, 9.17) is 10.5 Å². The Balaban J connectivity index is 2.18. The van der Waals surface area contributed by atoms with Crippen LogP contribution in [0.2, 0.25) is 0 Å². The van der Waals surface area contributed by atoms with Crippen molar-refractivity contribution in [3.63, 3.8) is 0 Å². The lowest BCUT2D eigenvalue weighted by molar-refractivity contribution is 0.279. The lowest BCUT2D eigenvalue weighted by Gasteiger charge is -2.08. The Kier molecular flexibility index (Phi) is 4.78. The van der Waals surface area contributed by atoms with Gasteiger partial charge in [-0.2, -0.15) is 0 Å². The number of hydrogen-bond acceptors (Lipinski definition) is 6. The molecule has 0 radical (unpaired) electrons. The Morgan fingerprint density at radius 3 is 2.79 bits per heavy atom. The van der Waals surface area contributed by atoms with Crippen LogP contribution in [0.25, 0.3) is 0 Å². The van der Waals surface area contributed by atoms with Crippen LogP contribution in [0.5, 0.6) is 5.19 Å². The average Bonchev–Trinajstić information content (AvgIpc) is 2.60. The van der Waals surface area contributed by atoms with Crippen LogP contribution < -0.4 is 10.5 Å². The van der Waals surface area contributed by atoms with E-state index >= 15 is 0 Å². The van der Waals surface area contributed by atoms with E-state index in [-0.39, 0.29) is 0 Å². The minimum atomic E-state index is 0.429. The second kappa shape index (κ2) is 5.90. The van der Waals surface area contributed by atoms with Crippen molar-refractivity contribution in [3.8, 4) is 5.19 Å². The number of hydrogen-bond donors (Lipinski definition) is 1. The highest BCUT2D eigenvalue weighted by Gasteiger charge is 2.02. The SMILES string of the molecule is CN(C)CCCOc1nnc(CN)s1. The highest BCUT2D eigenvalue weighted by atomic mass is 32.1. The van der Waals surface area contributed by atoms with Gasteiger partial charge in [0.15, 0.2) is 0 Å². The Labute approximate surface area is 87.9 Å². The highest BCUT2D eigenvalue weighted by Crippen LogP contribution is 2.16. The van der Waals surface area contributed by atoms with E-state index in [1.165, 1.54) is 11.3 Å². The van der Waals surface area contributed by atoms with Crippen LogP contribution in [0, 0.1) is 0 Å². The van der Waals surface area contributed by atoms with Crippen LogP contribution in [0.4, 0.5) is 0 Å². The maximum absolute atomic E-state index is 5.40. The standard InChI is InChI=1S/C8H16N4OS/c1-12(2)4-3-5-13-8-11-10-7(6-9)14-8/h3-6,9H2,1-2H3. The van der Waals surface area contributed by atoms with E-state index in [1.807, 2.05) is 14.1 Å². The topological polar surface area (TPSA) is 64.3 Å². The van der Waals surface area contributed by atoms with Crippen molar-refractivity contribution < 1.29 is 4.74 Å². The van der Waals surface area contributed by atoms with Gasteiger partial charge in [0.2, 0.25) is 0 Å². The van der Waals surface area contributed by atoms with E-state index in [2.05, 4.69) is 15.1 Å². The van der Waals surface area contributed by atoms with Gasteiger partial charge in [-0.05, 0) is 20.5 Å². The summed E-state index contributed by atoms with van der Waals surface area (Å²) in [6, 6.07) is 0. The zero-order chi connectivity index (χ0) is 10.4. The largest absolute Gasteiger partial charge is 0.469 e. The predicted molar refractivity (Wildman–Crippen MR) is 56.5 cm³/mol. The molecule has 0 amide bonds. The summed E-state index contributed by atoms with van der Waals surface area (Å²) in [5.41, 5.74) is 5.40. The van der Waals surface area contributed by atoms with E-state index in [0.29, 0.717) is 18.3 Å². The molecule has 1 rings (SSSR count). The van der Waals surface area contributed by atoms with Crippen LogP contribution in [0.15, 0.2) is 0 Å². The molecular formula is C8H16N4OS. The summed E-state index contributed by atoms with van der Waals surface area (Å²) < 4.78 is 5.40. The molecule has 14 heavy (non-hydrogen) atoms. The van der Waals surface area contributed by atoms with Gasteiger partial charge in [0.25, 0.3) is 5.19 Å². The molecule has 1 aromatic heterocycles. The smallest absolute Gasteiger partial charge is 0.294 e. The van der Waals surface area contributed by atoms with Crippen molar-refractivity contribution >= 4 is 11.3 Å². The lowest BCUT2D eigenvalue weighted by Crippen LogP contribution is -2.15. The molecular weight excluding hydrogens is 200 g/mol. The van der Waals surface area contributed by atoms with Crippen LogP contribution in [-0.4, -0.2) is 42.3 Å². The zero-order valence-electron chi connectivity index (χ0n) is 8.56. The maximum atomic E-state index is 5.40. The third kappa shape index (κ3) is 3.99. The Morgan fingerprint density at radius 1 is 1.43 bits per heavy atom. The van der Waals surface area contributed by atoms with Crippen molar-refractivity contribution in [2.45, 2.75) is 13.0 Å². The summed E-state index contributed by atoms with van der Waals surface area (Å²) in [5, 5.41) is 9.14. The summed E-state index contributed by atoms with van der Waals surface area (Å²) in [4.78, 5) is 2.12. The van der Waals surface area contributed by atoms with E-state index in [0.717, 1.165) is 18.0 Å². The molecule has 6 heteroatoms. The fraction of sp³-hybridized carbons (Fsp3) is 0.750. The van der Waals surface area contributed by atoms with E-state index in [1.54, 1.807) is 0 Å². The predicted octanol–water partition coefficient (Wildman–Crippen LogP) is 0.327. The monoisotopic (exact) mass is 216 g/mol. The summed E-state index contributed by atoms with van der Waals surface area (Å²) in [5.74, 6) is 0. The van der Waals surface area contributed by atoms with Gasteiger partial charge >= 0.3 is 0 Å². The lowest BCUT2D eigenvalue weighted by atomic mass is 10.4. The maximum Gasteiger partial charge on any atom is 0.294 e. The van der Waals surface area contributed by atoms with Gasteiger partial charge in [-0.3, -0.25) is 0 Å². The van der Waals surface area contributed by atoms with E-state index in [9.17, 15) is 0 Å². The normalized spacial score (nSPS) is 10.9. The molecule has 0 atom stereocenters. The average molecular weight is 216 g/mol. The van der Waals surface area contributed by atoms with E-state index < -0.39 is 0 Å². The zero-order valence-corrected chi connectivity index (χ0v) is 9.38. The molecule has 0 aliphatic carbocycles. The first-order valence-corrected chi connectivity index (χ1v) is 5.34. The molecule has 2 N–H and O–H groups in total. The van der Waals surface area contributed by atoms with Crippen molar-refractivity contribution in [1.82, 2.24) is 15.1 Å². The molecule has 0 fully saturated rings.